The molecular weight excluding hydrogens is 312 g/mol. The van der Waals surface area contributed by atoms with Crippen molar-refractivity contribution in [3.8, 4) is 17.2 Å². The van der Waals surface area contributed by atoms with Gasteiger partial charge in [-0.15, -0.1) is 0 Å². The molecule has 0 spiro atoms. The van der Waals surface area contributed by atoms with Crippen molar-refractivity contribution in [3.05, 3.63) is 53.1 Å². The molecule has 0 bridgehead atoms. The zero-order valence-electron chi connectivity index (χ0n) is 16.8. The molecule has 0 saturated carbocycles. The Hall–Kier alpha value is -2.16. The van der Waals surface area contributed by atoms with Gasteiger partial charge in [-0.1, -0.05) is 59.2 Å². The summed E-state index contributed by atoms with van der Waals surface area (Å²) in [4.78, 5) is 0. The normalized spacial score (nSPS) is 11.5. The molecule has 0 heterocycles. The van der Waals surface area contributed by atoms with Crippen molar-refractivity contribution >= 4 is 0 Å². The van der Waals surface area contributed by atoms with Crippen molar-refractivity contribution in [3.63, 3.8) is 0 Å². The summed E-state index contributed by atoms with van der Waals surface area (Å²) in [6.45, 7) is 14.6. The molecule has 138 valence electrons. The summed E-state index contributed by atoms with van der Waals surface area (Å²) in [5.74, 6) is 1.50. The molecule has 0 unspecified atom stereocenters. The molecule has 3 nitrogen and oxygen atoms in total. The van der Waals surface area contributed by atoms with Crippen LogP contribution < -0.4 is 4.74 Å². The first-order valence-corrected chi connectivity index (χ1v) is 8.54. The Morgan fingerprint density at radius 1 is 0.760 bits per heavy atom. The molecule has 25 heavy (non-hydrogen) atoms. The topological polar surface area (TPSA) is 49.7 Å². The van der Waals surface area contributed by atoms with Crippen LogP contribution in [0.25, 0.3) is 0 Å². The van der Waals surface area contributed by atoms with Crippen LogP contribution in [0.3, 0.4) is 0 Å². The fraction of sp³-hybridized carbons (Fsp3) is 0.455. The number of hydrogen-bond acceptors (Lipinski definition) is 3. The molecule has 0 fully saturated rings. The summed E-state index contributed by atoms with van der Waals surface area (Å²) < 4.78 is 5.22. The molecule has 0 aliphatic heterocycles. The SMILES string of the molecule is COc1ccc(O)cc1C(C)(C)C.Cc1ccc(O)c(C(C)(C)C)c1. The quantitative estimate of drug-likeness (QED) is 0.698. The van der Waals surface area contributed by atoms with Crippen LogP contribution >= 0.6 is 0 Å². The lowest BCUT2D eigenvalue weighted by Gasteiger charge is -2.21. The van der Waals surface area contributed by atoms with Gasteiger partial charge < -0.3 is 14.9 Å². The molecule has 2 aromatic rings. The molecule has 0 saturated heterocycles. The van der Waals surface area contributed by atoms with Gasteiger partial charge in [-0.2, -0.15) is 0 Å². The Kier molecular flexibility index (Phi) is 6.53. The average Bonchev–Trinajstić information content (AvgIpc) is 2.48. The first-order chi connectivity index (χ1) is 11.4. The van der Waals surface area contributed by atoms with Crippen molar-refractivity contribution in [1.29, 1.82) is 0 Å². The fourth-order valence-electron chi connectivity index (χ4n) is 2.53. The zero-order valence-corrected chi connectivity index (χ0v) is 16.8. The van der Waals surface area contributed by atoms with Crippen LogP contribution in [0.5, 0.6) is 17.2 Å². The molecule has 0 amide bonds. The molecular formula is C22H32O3. The Morgan fingerprint density at radius 2 is 1.32 bits per heavy atom. The van der Waals surface area contributed by atoms with Crippen LogP contribution in [0.15, 0.2) is 36.4 Å². The van der Waals surface area contributed by atoms with E-state index in [0.29, 0.717) is 5.75 Å². The van der Waals surface area contributed by atoms with Gasteiger partial charge in [0.2, 0.25) is 0 Å². The molecule has 0 atom stereocenters. The van der Waals surface area contributed by atoms with Crippen LogP contribution in [0, 0.1) is 6.92 Å². The first-order valence-electron chi connectivity index (χ1n) is 8.54. The highest BCUT2D eigenvalue weighted by molar-refractivity contribution is 5.43. The van der Waals surface area contributed by atoms with Gasteiger partial charge in [0.05, 0.1) is 7.11 Å². The molecule has 0 aromatic heterocycles. The fourth-order valence-corrected chi connectivity index (χ4v) is 2.53. The maximum Gasteiger partial charge on any atom is 0.122 e. The van der Waals surface area contributed by atoms with Crippen LogP contribution in [-0.2, 0) is 10.8 Å². The molecule has 2 aromatic carbocycles. The van der Waals surface area contributed by atoms with E-state index in [1.54, 1.807) is 31.4 Å². The smallest absolute Gasteiger partial charge is 0.122 e. The molecule has 0 radical (unpaired) electrons. The van der Waals surface area contributed by atoms with Crippen molar-refractivity contribution in [2.24, 2.45) is 0 Å². The standard InChI is InChI=1S/C11H16O2.C11H16O/c1-11(2,3)9-7-8(12)5-6-10(9)13-4;1-8-5-6-10(12)9(7-8)11(2,3)4/h5-7,12H,1-4H3;5-7,12H,1-4H3. The highest BCUT2D eigenvalue weighted by atomic mass is 16.5. The molecule has 3 heteroatoms. The van der Waals surface area contributed by atoms with Crippen molar-refractivity contribution in [2.45, 2.75) is 59.3 Å². The number of ether oxygens (including phenoxy) is 1. The monoisotopic (exact) mass is 344 g/mol. The third-order valence-electron chi connectivity index (χ3n) is 3.95. The summed E-state index contributed by atoms with van der Waals surface area (Å²) in [6, 6.07) is 10.9. The van der Waals surface area contributed by atoms with Crippen molar-refractivity contribution in [1.82, 2.24) is 0 Å². The minimum atomic E-state index is -0.00984. The van der Waals surface area contributed by atoms with Crippen LogP contribution in [0.2, 0.25) is 0 Å². The third kappa shape index (κ3) is 6.00. The second-order valence-corrected chi connectivity index (χ2v) is 8.41. The van der Waals surface area contributed by atoms with Gasteiger partial charge in [0.1, 0.15) is 17.2 Å². The number of benzene rings is 2. The Balaban J connectivity index is 0.000000251. The van der Waals surface area contributed by atoms with E-state index >= 15 is 0 Å². The number of hydrogen-bond donors (Lipinski definition) is 2. The van der Waals surface area contributed by atoms with Crippen molar-refractivity contribution < 1.29 is 14.9 Å². The number of phenolic OH excluding ortho intramolecular Hbond substituents is 2. The van der Waals surface area contributed by atoms with E-state index in [4.69, 9.17) is 4.74 Å². The minimum absolute atomic E-state index is 0.00984. The van der Waals surface area contributed by atoms with Crippen LogP contribution in [0.1, 0.15) is 58.2 Å². The highest BCUT2D eigenvalue weighted by Crippen LogP contribution is 2.33. The summed E-state index contributed by atoms with van der Waals surface area (Å²) in [5, 5.41) is 18.9. The van der Waals surface area contributed by atoms with Crippen LogP contribution in [-0.4, -0.2) is 17.3 Å². The first kappa shape index (κ1) is 20.9. The Labute approximate surface area is 152 Å². The third-order valence-corrected chi connectivity index (χ3v) is 3.95. The van der Waals surface area contributed by atoms with E-state index in [2.05, 4.69) is 41.5 Å². The van der Waals surface area contributed by atoms with E-state index in [0.717, 1.165) is 16.9 Å². The second-order valence-electron chi connectivity index (χ2n) is 8.41. The van der Waals surface area contributed by atoms with E-state index in [-0.39, 0.29) is 16.6 Å². The van der Waals surface area contributed by atoms with Gasteiger partial charge in [0, 0.05) is 5.56 Å². The summed E-state index contributed by atoms with van der Waals surface area (Å²) in [6.07, 6.45) is 0. The zero-order chi connectivity index (χ0) is 19.4. The minimum Gasteiger partial charge on any atom is -0.508 e. The maximum atomic E-state index is 9.57. The predicted molar refractivity (Wildman–Crippen MR) is 105 cm³/mol. The number of aryl methyl sites for hydroxylation is 1. The maximum absolute atomic E-state index is 9.57. The number of methoxy groups -OCH3 is 1. The summed E-state index contributed by atoms with van der Waals surface area (Å²) in [7, 11) is 1.64. The lowest BCUT2D eigenvalue weighted by atomic mass is 9.85. The number of rotatable bonds is 1. The van der Waals surface area contributed by atoms with Gasteiger partial charge in [0.15, 0.2) is 0 Å². The van der Waals surface area contributed by atoms with Gasteiger partial charge >= 0.3 is 0 Å². The average molecular weight is 344 g/mol. The summed E-state index contributed by atoms with van der Waals surface area (Å²) >= 11 is 0. The number of aromatic hydroxyl groups is 2. The molecule has 2 N–H and O–H groups in total. The molecule has 2 rings (SSSR count). The Bertz CT molecular complexity index is 704. The molecule has 0 aliphatic carbocycles. The van der Waals surface area contributed by atoms with E-state index in [9.17, 15) is 10.2 Å². The lowest BCUT2D eigenvalue weighted by Crippen LogP contribution is -2.12. The largest absolute Gasteiger partial charge is 0.508 e. The van der Waals surface area contributed by atoms with E-state index in [1.807, 2.05) is 19.1 Å². The van der Waals surface area contributed by atoms with Gasteiger partial charge in [-0.3, -0.25) is 0 Å². The lowest BCUT2D eigenvalue weighted by molar-refractivity contribution is 0.394. The van der Waals surface area contributed by atoms with Gasteiger partial charge in [0.25, 0.3) is 0 Å². The highest BCUT2D eigenvalue weighted by Gasteiger charge is 2.19. The second kappa shape index (κ2) is 7.81. The van der Waals surface area contributed by atoms with Gasteiger partial charge in [-0.25, -0.2) is 0 Å². The molecule has 0 aliphatic rings. The van der Waals surface area contributed by atoms with Crippen LogP contribution in [0.4, 0.5) is 0 Å². The van der Waals surface area contributed by atoms with Gasteiger partial charge in [-0.05, 0) is 47.6 Å². The number of phenols is 2. The van der Waals surface area contributed by atoms with E-state index in [1.165, 1.54) is 5.56 Å². The van der Waals surface area contributed by atoms with E-state index < -0.39 is 0 Å². The summed E-state index contributed by atoms with van der Waals surface area (Å²) in [5.41, 5.74) is 3.25. The Morgan fingerprint density at radius 3 is 1.76 bits per heavy atom. The van der Waals surface area contributed by atoms with Crippen molar-refractivity contribution in [2.75, 3.05) is 7.11 Å². The predicted octanol–water partition coefficient (Wildman–Crippen LogP) is 5.70.